The lowest BCUT2D eigenvalue weighted by atomic mass is 9.86. The highest BCUT2D eigenvalue weighted by atomic mass is 19.1. The number of nitrogens with one attached hydrogen (secondary N) is 1. The van der Waals surface area contributed by atoms with Crippen LogP contribution in [0.3, 0.4) is 0 Å². The van der Waals surface area contributed by atoms with Crippen molar-refractivity contribution < 1.29 is 14.3 Å². The van der Waals surface area contributed by atoms with Crippen molar-refractivity contribution in [1.82, 2.24) is 5.32 Å². The quantitative estimate of drug-likeness (QED) is 0.845. The molecule has 2 rings (SSSR count). The molecule has 1 aromatic rings. The molecule has 1 aromatic carbocycles. The van der Waals surface area contributed by atoms with E-state index in [4.69, 9.17) is 0 Å². The van der Waals surface area contributed by atoms with Gasteiger partial charge in [0.15, 0.2) is 0 Å². The van der Waals surface area contributed by atoms with Gasteiger partial charge in [0, 0.05) is 13.0 Å². The zero-order valence-corrected chi connectivity index (χ0v) is 12.4. The van der Waals surface area contributed by atoms with E-state index in [-0.39, 0.29) is 18.3 Å². The molecule has 21 heavy (non-hydrogen) atoms. The summed E-state index contributed by atoms with van der Waals surface area (Å²) in [4.78, 5) is 11.8. The number of rotatable bonds is 6. The fraction of sp³-hybridized carbons (Fsp3) is 0.588. The van der Waals surface area contributed by atoms with Crippen molar-refractivity contribution in [3.8, 4) is 0 Å². The van der Waals surface area contributed by atoms with E-state index in [2.05, 4.69) is 5.32 Å². The maximum atomic E-state index is 12.8. The Kier molecular flexibility index (Phi) is 6.18. The molecule has 0 aromatic heterocycles. The van der Waals surface area contributed by atoms with Crippen LogP contribution in [-0.2, 0) is 4.79 Å². The van der Waals surface area contributed by atoms with Crippen LogP contribution in [0.25, 0.3) is 0 Å². The SMILES string of the molecule is O=C(CCC1CCCCC1)NCC(O)c1ccc(F)cc1. The largest absolute Gasteiger partial charge is 0.387 e. The molecule has 0 heterocycles. The van der Waals surface area contributed by atoms with E-state index in [1.807, 2.05) is 0 Å². The van der Waals surface area contributed by atoms with Crippen LogP contribution < -0.4 is 5.32 Å². The normalized spacial score (nSPS) is 17.4. The molecule has 116 valence electrons. The predicted molar refractivity (Wildman–Crippen MR) is 80.2 cm³/mol. The van der Waals surface area contributed by atoms with Crippen LogP contribution in [-0.4, -0.2) is 17.6 Å². The van der Waals surface area contributed by atoms with Gasteiger partial charge in [-0.3, -0.25) is 4.79 Å². The number of halogens is 1. The van der Waals surface area contributed by atoms with Crippen LogP contribution in [0, 0.1) is 11.7 Å². The van der Waals surface area contributed by atoms with Crippen molar-refractivity contribution in [1.29, 1.82) is 0 Å². The summed E-state index contributed by atoms with van der Waals surface area (Å²) >= 11 is 0. The predicted octanol–water partition coefficient (Wildman–Crippen LogP) is 3.34. The van der Waals surface area contributed by atoms with Crippen molar-refractivity contribution in [3.05, 3.63) is 35.6 Å². The summed E-state index contributed by atoms with van der Waals surface area (Å²) in [6.07, 6.45) is 7.07. The molecular weight excluding hydrogens is 269 g/mol. The molecule has 1 unspecified atom stereocenters. The van der Waals surface area contributed by atoms with Crippen LogP contribution in [0.5, 0.6) is 0 Å². The Hall–Kier alpha value is -1.42. The van der Waals surface area contributed by atoms with Gasteiger partial charge in [-0.15, -0.1) is 0 Å². The number of aliphatic hydroxyl groups is 1. The first-order valence-corrected chi connectivity index (χ1v) is 7.85. The number of hydrogen-bond donors (Lipinski definition) is 2. The molecule has 1 aliphatic rings. The molecule has 0 radical (unpaired) electrons. The van der Waals surface area contributed by atoms with Gasteiger partial charge in [0.05, 0.1) is 6.10 Å². The number of carbonyl (C=O) groups is 1. The zero-order valence-electron chi connectivity index (χ0n) is 12.4. The van der Waals surface area contributed by atoms with Crippen LogP contribution >= 0.6 is 0 Å². The molecule has 1 aliphatic carbocycles. The molecule has 3 nitrogen and oxygen atoms in total. The summed E-state index contributed by atoms with van der Waals surface area (Å²) in [6, 6.07) is 5.69. The van der Waals surface area contributed by atoms with E-state index in [9.17, 15) is 14.3 Å². The van der Waals surface area contributed by atoms with Crippen molar-refractivity contribution in [3.63, 3.8) is 0 Å². The van der Waals surface area contributed by atoms with Gasteiger partial charge in [-0.25, -0.2) is 4.39 Å². The highest BCUT2D eigenvalue weighted by Crippen LogP contribution is 2.27. The third-order valence-electron chi connectivity index (χ3n) is 4.25. The second-order valence-electron chi connectivity index (χ2n) is 5.91. The van der Waals surface area contributed by atoms with Crippen molar-refractivity contribution in [2.45, 2.75) is 51.0 Å². The Morgan fingerprint density at radius 2 is 1.90 bits per heavy atom. The van der Waals surface area contributed by atoms with Crippen molar-refractivity contribution >= 4 is 5.91 Å². The molecule has 4 heteroatoms. The molecule has 2 N–H and O–H groups in total. The summed E-state index contributed by atoms with van der Waals surface area (Å²) in [7, 11) is 0. The lowest BCUT2D eigenvalue weighted by molar-refractivity contribution is -0.121. The van der Waals surface area contributed by atoms with Gasteiger partial charge < -0.3 is 10.4 Å². The van der Waals surface area contributed by atoms with Crippen molar-refractivity contribution in [2.24, 2.45) is 5.92 Å². The van der Waals surface area contributed by atoms with Crippen LogP contribution in [0.2, 0.25) is 0 Å². The zero-order chi connectivity index (χ0) is 15.1. The first kappa shape index (κ1) is 16.0. The molecule has 0 saturated heterocycles. The fourth-order valence-corrected chi connectivity index (χ4v) is 2.91. The lowest BCUT2D eigenvalue weighted by Gasteiger charge is -2.21. The minimum Gasteiger partial charge on any atom is -0.387 e. The van der Waals surface area contributed by atoms with E-state index in [0.717, 1.165) is 6.42 Å². The molecule has 0 spiro atoms. The summed E-state index contributed by atoms with van der Waals surface area (Å²) in [5, 5.41) is 12.7. The number of benzene rings is 1. The molecule has 1 fully saturated rings. The number of amides is 1. The first-order valence-electron chi connectivity index (χ1n) is 7.85. The first-order chi connectivity index (χ1) is 10.1. The minimum absolute atomic E-state index is 0.0123. The molecule has 1 amide bonds. The standard InChI is InChI=1S/C17H24FNO2/c18-15-9-7-14(8-10-15)16(20)12-19-17(21)11-6-13-4-2-1-3-5-13/h7-10,13,16,20H,1-6,11-12H2,(H,19,21). The van der Waals surface area contributed by atoms with Crippen molar-refractivity contribution in [2.75, 3.05) is 6.54 Å². The second kappa shape index (κ2) is 8.13. The average molecular weight is 293 g/mol. The summed E-state index contributed by atoms with van der Waals surface area (Å²) in [5.74, 6) is 0.343. The summed E-state index contributed by atoms with van der Waals surface area (Å²) in [5.41, 5.74) is 0.615. The topological polar surface area (TPSA) is 49.3 Å². The van der Waals surface area contributed by atoms with E-state index in [0.29, 0.717) is 17.9 Å². The van der Waals surface area contributed by atoms with Gasteiger partial charge in [0.25, 0.3) is 0 Å². The van der Waals surface area contributed by atoms with Gasteiger partial charge in [0.1, 0.15) is 5.82 Å². The highest BCUT2D eigenvalue weighted by molar-refractivity contribution is 5.75. The Bertz CT molecular complexity index is 441. The van der Waals surface area contributed by atoms with Gasteiger partial charge in [-0.1, -0.05) is 44.2 Å². The van der Waals surface area contributed by atoms with Crippen LogP contribution in [0.4, 0.5) is 4.39 Å². The Morgan fingerprint density at radius 1 is 1.24 bits per heavy atom. The van der Waals surface area contributed by atoms with E-state index in [1.54, 1.807) is 0 Å². The minimum atomic E-state index is -0.788. The van der Waals surface area contributed by atoms with Gasteiger partial charge in [-0.05, 0) is 30.0 Å². The Balaban J connectivity index is 1.67. The molecule has 1 atom stereocenters. The third-order valence-corrected chi connectivity index (χ3v) is 4.25. The maximum absolute atomic E-state index is 12.8. The van der Waals surface area contributed by atoms with E-state index >= 15 is 0 Å². The summed E-state index contributed by atoms with van der Waals surface area (Å²) < 4.78 is 12.8. The fourth-order valence-electron chi connectivity index (χ4n) is 2.91. The summed E-state index contributed by atoms with van der Waals surface area (Å²) in [6.45, 7) is 0.176. The van der Waals surface area contributed by atoms with Gasteiger partial charge in [-0.2, -0.15) is 0 Å². The lowest BCUT2D eigenvalue weighted by Crippen LogP contribution is -2.28. The van der Waals surface area contributed by atoms with Gasteiger partial charge >= 0.3 is 0 Å². The van der Waals surface area contributed by atoms with E-state index in [1.165, 1.54) is 56.4 Å². The number of carbonyl (C=O) groups excluding carboxylic acids is 1. The second-order valence-corrected chi connectivity index (χ2v) is 5.91. The Morgan fingerprint density at radius 3 is 2.57 bits per heavy atom. The Labute approximate surface area is 125 Å². The van der Waals surface area contributed by atoms with E-state index < -0.39 is 6.10 Å². The van der Waals surface area contributed by atoms with Crippen LogP contribution in [0.1, 0.15) is 56.6 Å². The monoisotopic (exact) mass is 293 g/mol. The maximum Gasteiger partial charge on any atom is 0.220 e. The molecule has 0 bridgehead atoms. The highest BCUT2D eigenvalue weighted by Gasteiger charge is 2.15. The number of hydrogen-bond acceptors (Lipinski definition) is 2. The molecular formula is C17H24FNO2. The molecule has 0 aliphatic heterocycles. The smallest absolute Gasteiger partial charge is 0.220 e. The average Bonchev–Trinajstić information content (AvgIpc) is 2.52. The van der Waals surface area contributed by atoms with Crippen LogP contribution in [0.15, 0.2) is 24.3 Å². The number of aliphatic hydroxyl groups excluding tert-OH is 1. The van der Waals surface area contributed by atoms with Gasteiger partial charge in [0.2, 0.25) is 5.91 Å². The molecule has 1 saturated carbocycles. The third kappa shape index (κ3) is 5.46.